The average molecular weight is 617 g/mol. The number of rotatable bonds is 11. The number of carbonyl (C=O) groups is 1. The number of aryl methyl sites for hydroxylation is 1. The third-order valence-electron chi connectivity index (χ3n) is 8.07. The number of piperidine rings is 1. The second-order valence-corrected chi connectivity index (χ2v) is 13.9. The van der Waals surface area contributed by atoms with Gasteiger partial charge in [0, 0.05) is 36.3 Å². The summed E-state index contributed by atoms with van der Waals surface area (Å²) in [5.41, 5.74) is 5.60. The Morgan fingerprint density at radius 3 is 2.24 bits per heavy atom. The van der Waals surface area contributed by atoms with Crippen LogP contribution < -0.4 is 9.64 Å². The van der Waals surface area contributed by atoms with E-state index in [1.54, 1.807) is 18.2 Å². The molecule has 1 aliphatic heterocycles. The molecular formula is C38H49FN2O4. The fraction of sp³-hybridized carbons (Fsp3) is 0.474. The van der Waals surface area contributed by atoms with Crippen LogP contribution in [0.1, 0.15) is 89.9 Å². The zero-order valence-electron chi connectivity index (χ0n) is 28.2. The molecule has 45 heavy (non-hydrogen) atoms. The van der Waals surface area contributed by atoms with Crippen molar-refractivity contribution in [2.45, 2.75) is 92.5 Å². The van der Waals surface area contributed by atoms with Crippen molar-refractivity contribution in [1.29, 1.82) is 0 Å². The normalized spacial score (nSPS) is 15.6. The summed E-state index contributed by atoms with van der Waals surface area (Å²) >= 11 is 0. The highest BCUT2D eigenvalue weighted by molar-refractivity contribution is 5.91. The fourth-order valence-corrected chi connectivity index (χ4v) is 5.66. The van der Waals surface area contributed by atoms with Crippen LogP contribution in [0.4, 0.5) is 10.1 Å². The van der Waals surface area contributed by atoms with E-state index in [0.29, 0.717) is 18.7 Å². The maximum absolute atomic E-state index is 13.7. The van der Waals surface area contributed by atoms with Crippen LogP contribution in [0.3, 0.4) is 0 Å². The first-order valence-corrected chi connectivity index (χ1v) is 16.0. The minimum atomic E-state index is -0.962. The van der Waals surface area contributed by atoms with E-state index >= 15 is 0 Å². The van der Waals surface area contributed by atoms with E-state index in [4.69, 9.17) is 19.2 Å². The van der Waals surface area contributed by atoms with Crippen LogP contribution in [-0.4, -0.2) is 42.4 Å². The monoisotopic (exact) mass is 616 g/mol. The van der Waals surface area contributed by atoms with E-state index in [2.05, 4.69) is 25.3 Å². The number of halogens is 1. The molecule has 2 aromatic carbocycles. The maximum Gasteiger partial charge on any atom is 0.340 e. The first-order chi connectivity index (χ1) is 21.2. The van der Waals surface area contributed by atoms with Gasteiger partial charge in [-0.05, 0) is 101 Å². The summed E-state index contributed by atoms with van der Waals surface area (Å²) in [5.74, 6) is 0.0614. The number of ether oxygens (including phenoxy) is 3. The Hall–Kier alpha value is -3.71. The summed E-state index contributed by atoms with van der Waals surface area (Å²) in [6.07, 6.45) is 3.22. The van der Waals surface area contributed by atoms with Crippen LogP contribution in [0.15, 0.2) is 55.1 Å². The third kappa shape index (κ3) is 8.94. The lowest BCUT2D eigenvalue weighted by Crippen LogP contribution is -2.39. The molecule has 1 saturated heterocycles. The molecule has 0 amide bonds. The highest BCUT2D eigenvalue weighted by Crippen LogP contribution is 2.45. The molecule has 2 heterocycles. The van der Waals surface area contributed by atoms with Gasteiger partial charge in [0.05, 0.1) is 29.7 Å². The number of hydrogen-bond acceptors (Lipinski definition) is 6. The molecule has 4 rings (SSSR count). The average Bonchev–Trinajstić information content (AvgIpc) is 2.96. The third-order valence-corrected chi connectivity index (χ3v) is 8.07. The van der Waals surface area contributed by atoms with Crippen LogP contribution in [-0.2, 0) is 20.7 Å². The molecule has 3 aromatic rings. The molecule has 0 radical (unpaired) electrons. The van der Waals surface area contributed by atoms with E-state index in [-0.39, 0.29) is 17.3 Å². The lowest BCUT2D eigenvalue weighted by Gasteiger charge is -2.41. The second-order valence-electron chi connectivity index (χ2n) is 13.9. The Kier molecular flexibility index (Phi) is 10.7. The standard InChI is InChI=1S/C38H49FN2O4/c1-10-31-33(28-13-17-30(18-14-28)43-24-19-27-11-15-29(39)16-12-27)34(41-22-20-38(8,9)21-23-41)32(26(4)40-31)35(45-37(5,6)7)36(42)44-25(2)3/h10-18,25,35H,1,19-24H2,2-9H3. The van der Waals surface area contributed by atoms with Gasteiger partial charge in [-0.25, -0.2) is 9.18 Å². The van der Waals surface area contributed by atoms with Crippen molar-refractivity contribution < 1.29 is 23.4 Å². The molecule has 7 heteroatoms. The van der Waals surface area contributed by atoms with Gasteiger partial charge in [-0.15, -0.1) is 0 Å². The molecule has 0 aliphatic carbocycles. The van der Waals surface area contributed by atoms with Gasteiger partial charge in [-0.2, -0.15) is 0 Å². The van der Waals surface area contributed by atoms with Gasteiger partial charge in [0.15, 0.2) is 6.10 Å². The van der Waals surface area contributed by atoms with Crippen molar-refractivity contribution in [3.05, 3.63) is 83.4 Å². The molecule has 6 nitrogen and oxygen atoms in total. The van der Waals surface area contributed by atoms with Crippen LogP contribution in [0.5, 0.6) is 5.75 Å². The van der Waals surface area contributed by atoms with Crippen LogP contribution >= 0.6 is 0 Å². The molecule has 1 aliphatic rings. The van der Waals surface area contributed by atoms with Gasteiger partial charge < -0.3 is 19.1 Å². The van der Waals surface area contributed by atoms with Crippen LogP contribution in [0.25, 0.3) is 17.2 Å². The number of anilines is 1. The van der Waals surface area contributed by atoms with Crippen molar-refractivity contribution >= 4 is 17.7 Å². The molecule has 1 aromatic heterocycles. The highest BCUT2D eigenvalue weighted by Gasteiger charge is 2.37. The Bertz CT molecular complexity index is 1460. The molecular weight excluding hydrogens is 567 g/mol. The van der Waals surface area contributed by atoms with Gasteiger partial charge in [-0.1, -0.05) is 44.7 Å². The molecule has 0 spiro atoms. The number of carbonyl (C=O) groups excluding carboxylic acids is 1. The predicted octanol–water partition coefficient (Wildman–Crippen LogP) is 8.89. The Balaban J connectivity index is 1.79. The largest absolute Gasteiger partial charge is 0.493 e. The molecule has 1 atom stereocenters. The van der Waals surface area contributed by atoms with Gasteiger partial charge in [-0.3, -0.25) is 4.98 Å². The minimum absolute atomic E-state index is 0.227. The predicted molar refractivity (Wildman–Crippen MR) is 180 cm³/mol. The summed E-state index contributed by atoms with van der Waals surface area (Å²) in [6.45, 7) is 22.3. The summed E-state index contributed by atoms with van der Waals surface area (Å²) < 4.78 is 31.6. The number of benzene rings is 2. The molecule has 0 bridgehead atoms. The first kappa shape index (κ1) is 34.2. The SMILES string of the molecule is C=Cc1nc(C)c(C(OC(C)(C)C)C(=O)OC(C)C)c(N2CCC(C)(C)CC2)c1-c1ccc(OCCc2ccc(F)cc2)cc1. The zero-order chi connectivity index (χ0) is 32.9. The fourth-order valence-electron chi connectivity index (χ4n) is 5.66. The summed E-state index contributed by atoms with van der Waals surface area (Å²) in [6, 6.07) is 14.4. The number of nitrogens with zero attached hydrogens (tertiary/aromatic N) is 2. The number of pyridine rings is 1. The number of esters is 1. The quantitative estimate of drug-likeness (QED) is 0.201. The van der Waals surface area contributed by atoms with E-state index in [9.17, 15) is 9.18 Å². The Morgan fingerprint density at radius 2 is 1.69 bits per heavy atom. The van der Waals surface area contributed by atoms with E-state index < -0.39 is 17.7 Å². The Labute approximate surface area is 268 Å². The first-order valence-electron chi connectivity index (χ1n) is 16.0. The molecule has 0 N–H and O–H groups in total. The van der Waals surface area contributed by atoms with Crippen molar-refractivity contribution in [3.63, 3.8) is 0 Å². The maximum atomic E-state index is 13.7. The van der Waals surface area contributed by atoms with Gasteiger partial charge in [0.1, 0.15) is 11.6 Å². The smallest absolute Gasteiger partial charge is 0.340 e. The van der Waals surface area contributed by atoms with Crippen LogP contribution in [0.2, 0.25) is 0 Å². The van der Waals surface area contributed by atoms with E-state index in [1.165, 1.54) is 12.1 Å². The summed E-state index contributed by atoms with van der Waals surface area (Å²) in [5, 5.41) is 0. The van der Waals surface area contributed by atoms with Crippen molar-refractivity contribution in [2.24, 2.45) is 5.41 Å². The molecule has 1 unspecified atom stereocenters. The number of hydrogen-bond donors (Lipinski definition) is 0. The van der Waals surface area contributed by atoms with Crippen LogP contribution in [0, 0.1) is 18.2 Å². The van der Waals surface area contributed by atoms with Crippen molar-refractivity contribution in [1.82, 2.24) is 4.98 Å². The van der Waals surface area contributed by atoms with E-state index in [0.717, 1.165) is 65.3 Å². The van der Waals surface area contributed by atoms with Gasteiger partial charge in [0.2, 0.25) is 0 Å². The lowest BCUT2D eigenvalue weighted by atomic mass is 9.81. The van der Waals surface area contributed by atoms with Gasteiger partial charge >= 0.3 is 5.97 Å². The molecule has 1 fully saturated rings. The second kappa shape index (κ2) is 14.2. The van der Waals surface area contributed by atoms with E-state index in [1.807, 2.05) is 65.8 Å². The minimum Gasteiger partial charge on any atom is -0.493 e. The topological polar surface area (TPSA) is 60.9 Å². The van der Waals surface area contributed by atoms with Crippen molar-refractivity contribution in [3.8, 4) is 16.9 Å². The van der Waals surface area contributed by atoms with Crippen molar-refractivity contribution in [2.75, 3.05) is 24.6 Å². The highest BCUT2D eigenvalue weighted by atomic mass is 19.1. The molecule has 242 valence electrons. The summed E-state index contributed by atoms with van der Waals surface area (Å²) in [4.78, 5) is 21.1. The Morgan fingerprint density at radius 1 is 1.07 bits per heavy atom. The summed E-state index contributed by atoms with van der Waals surface area (Å²) in [7, 11) is 0. The zero-order valence-corrected chi connectivity index (χ0v) is 28.2. The lowest BCUT2D eigenvalue weighted by molar-refractivity contribution is -0.171. The molecule has 0 saturated carbocycles. The number of aromatic nitrogens is 1. The van der Waals surface area contributed by atoms with Gasteiger partial charge in [0.25, 0.3) is 0 Å².